The number of rotatable bonds is 3. The Morgan fingerprint density at radius 1 is 1.47 bits per heavy atom. The first-order chi connectivity index (χ1) is 8.08. The van der Waals surface area contributed by atoms with Crippen LogP contribution in [0.2, 0.25) is 0 Å². The molecule has 4 heteroatoms. The Morgan fingerprint density at radius 2 is 2.24 bits per heavy atom. The van der Waals surface area contributed by atoms with Crippen LogP contribution in [0.25, 0.3) is 0 Å². The zero-order valence-corrected chi connectivity index (χ0v) is 11.4. The fourth-order valence-electron chi connectivity index (χ4n) is 1.75. The van der Waals surface area contributed by atoms with E-state index in [0.29, 0.717) is 6.42 Å². The lowest BCUT2D eigenvalue weighted by atomic mass is 10.0. The molecule has 0 atom stereocenters. The van der Waals surface area contributed by atoms with Gasteiger partial charge < -0.3 is 4.57 Å². The quantitative estimate of drug-likeness (QED) is 0.816. The molecule has 0 fully saturated rings. The second kappa shape index (κ2) is 4.84. The van der Waals surface area contributed by atoms with Crippen LogP contribution in [0.15, 0.2) is 35.1 Å². The number of hydrogen-bond donors (Lipinski definition) is 0. The molecule has 88 valence electrons. The lowest BCUT2D eigenvalue weighted by Crippen LogP contribution is -2.09. The first-order valence-corrected chi connectivity index (χ1v) is 6.13. The molecule has 0 aliphatic heterocycles. The van der Waals surface area contributed by atoms with Gasteiger partial charge in [0.05, 0.1) is 6.42 Å². The summed E-state index contributed by atoms with van der Waals surface area (Å²) in [7, 11) is 1.89. The van der Waals surface area contributed by atoms with Crippen molar-refractivity contribution in [3.8, 4) is 0 Å². The van der Waals surface area contributed by atoms with Crippen LogP contribution < -0.4 is 0 Å². The molecule has 1 aromatic heterocycles. The number of aromatic nitrogens is 2. The number of ketones is 1. The van der Waals surface area contributed by atoms with Crippen LogP contribution in [-0.4, -0.2) is 15.3 Å². The topological polar surface area (TPSA) is 34.9 Å². The van der Waals surface area contributed by atoms with E-state index < -0.39 is 0 Å². The molecule has 0 unspecified atom stereocenters. The molecule has 2 aromatic rings. The predicted molar refractivity (Wildman–Crippen MR) is 70.1 cm³/mol. The molecule has 0 saturated carbocycles. The van der Waals surface area contributed by atoms with E-state index in [1.54, 1.807) is 6.20 Å². The highest BCUT2D eigenvalue weighted by molar-refractivity contribution is 9.10. The van der Waals surface area contributed by atoms with Gasteiger partial charge in [-0.25, -0.2) is 4.98 Å². The highest BCUT2D eigenvalue weighted by Gasteiger charge is 2.12. The average Bonchev–Trinajstić information content (AvgIpc) is 2.64. The molecule has 3 nitrogen and oxygen atoms in total. The minimum atomic E-state index is 0.101. The van der Waals surface area contributed by atoms with E-state index in [4.69, 9.17) is 0 Å². The fraction of sp³-hybridized carbons (Fsp3) is 0.231. The number of carbonyl (C=O) groups is 1. The number of aryl methyl sites for hydroxylation is 2. The second-order valence-corrected chi connectivity index (χ2v) is 4.93. The maximum Gasteiger partial charge on any atom is 0.170 e. The van der Waals surface area contributed by atoms with Gasteiger partial charge in [-0.3, -0.25) is 4.79 Å². The molecule has 0 aliphatic carbocycles. The molecule has 1 heterocycles. The first kappa shape index (κ1) is 12.0. The molecule has 0 bridgehead atoms. The fourth-order valence-corrected chi connectivity index (χ4v) is 2.22. The summed E-state index contributed by atoms with van der Waals surface area (Å²) in [5, 5.41) is 0. The van der Waals surface area contributed by atoms with E-state index in [0.717, 1.165) is 21.4 Å². The van der Waals surface area contributed by atoms with Crippen molar-refractivity contribution in [2.24, 2.45) is 7.05 Å². The zero-order valence-electron chi connectivity index (χ0n) is 9.77. The summed E-state index contributed by atoms with van der Waals surface area (Å²) >= 11 is 3.39. The van der Waals surface area contributed by atoms with E-state index >= 15 is 0 Å². The summed E-state index contributed by atoms with van der Waals surface area (Å²) in [6, 6.07) is 5.69. The minimum Gasteiger partial charge on any atom is -0.338 e. The predicted octanol–water partition coefficient (Wildman–Crippen LogP) is 2.92. The monoisotopic (exact) mass is 292 g/mol. The maximum atomic E-state index is 12.1. The Bertz CT molecular complexity index is 560. The van der Waals surface area contributed by atoms with Crippen molar-refractivity contribution in [2.75, 3.05) is 0 Å². The Morgan fingerprint density at radius 3 is 2.82 bits per heavy atom. The smallest absolute Gasteiger partial charge is 0.170 e. The van der Waals surface area contributed by atoms with Crippen LogP contribution in [0.1, 0.15) is 21.7 Å². The molecule has 2 rings (SSSR count). The van der Waals surface area contributed by atoms with Gasteiger partial charge in [0.2, 0.25) is 0 Å². The highest BCUT2D eigenvalue weighted by Crippen LogP contribution is 2.17. The summed E-state index contributed by atoms with van der Waals surface area (Å²) in [5.41, 5.74) is 1.75. The van der Waals surface area contributed by atoms with Crippen molar-refractivity contribution in [3.05, 3.63) is 52.0 Å². The van der Waals surface area contributed by atoms with Gasteiger partial charge in [0, 0.05) is 29.5 Å². The number of hydrogen-bond acceptors (Lipinski definition) is 2. The standard InChI is InChI=1S/C13H13BrN2O/c1-9-7-10(14)3-4-11(9)12(17)8-13-15-5-6-16(13)2/h3-7H,8H2,1-2H3. The van der Waals surface area contributed by atoms with Gasteiger partial charge in [-0.2, -0.15) is 0 Å². The molecule has 0 aliphatic rings. The van der Waals surface area contributed by atoms with Crippen LogP contribution in [0.3, 0.4) is 0 Å². The van der Waals surface area contributed by atoms with Crippen molar-refractivity contribution >= 4 is 21.7 Å². The van der Waals surface area contributed by atoms with Crippen LogP contribution in [0.4, 0.5) is 0 Å². The third-order valence-electron chi connectivity index (χ3n) is 2.73. The van der Waals surface area contributed by atoms with Crippen molar-refractivity contribution < 1.29 is 4.79 Å². The van der Waals surface area contributed by atoms with Crippen molar-refractivity contribution in [1.82, 2.24) is 9.55 Å². The van der Waals surface area contributed by atoms with Gasteiger partial charge in [-0.1, -0.05) is 22.0 Å². The summed E-state index contributed by atoms with van der Waals surface area (Å²) in [6.45, 7) is 1.94. The average molecular weight is 293 g/mol. The summed E-state index contributed by atoms with van der Waals surface area (Å²) in [5.74, 6) is 0.890. The van der Waals surface area contributed by atoms with Crippen molar-refractivity contribution in [3.63, 3.8) is 0 Å². The number of Topliss-reactive ketones (excluding diaryl/α,β-unsaturated/α-hetero) is 1. The number of carbonyl (C=O) groups excluding carboxylic acids is 1. The zero-order chi connectivity index (χ0) is 12.4. The van der Waals surface area contributed by atoms with E-state index in [2.05, 4.69) is 20.9 Å². The van der Waals surface area contributed by atoms with Crippen LogP contribution in [-0.2, 0) is 13.5 Å². The SMILES string of the molecule is Cc1cc(Br)ccc1C(=O)Cc1nccn1C. The van der Waals surface area contributed by atoms with Gasteiger partial charge in [-0.05, 0) is 24.6 Å². The van der Waals surface area contributed by atoms with Crippen LogP contribution in [0.5, 0.6) is 0 Å². The van der Waals surface area contributed by atoms with E-state index in [9.17, 15) is 4.79 Å². The molecule has 0 N–H and O–H groups in total. The maximum absolute atomic E-state index is 12.1. The van der Waals surface area contributed by atoms with Crippen molar-refractivity contribution in [2.45, 2.75) is 13.3 Å². The number of benzene rings is 1. The minimum absolute atomic E-state index is 0.101. The summed E-state index contributed by atoms with van der Waals surface area (Å²) < 4.78 is 2.86. The number of nitrogens with zero attached hydrogens (tertiary/aromatic N) is 2. The van der Waals surface area contributed by atoms with E-state index in [-0.39, 0.29) is 5.78 Å². The van der Waals surface area contributed by atoms with Gasteiger partial charge in [0.15, 0.2) is 5.78 Å². The largest absolute Gasteiger partial charge is 0.338 e. The summed E-state index contributed by atoms with van der Waals surface area (Å²) in [4.78, 5) is 16.3. The third kappa shape index (κ3) is 2.64. The van der Waals surface area contributed by atoms with E-state index in [1.807, 2.05) is 42.9 Å². The molecule has 1 aromatic carbocycles. The molecule has 17 heavy (non-hydrogen) atoms. The van der Waals surface area contributed by atoms with Crippen LogP contribution in [0, 0.1) is 6.92 Å². The molecule has 0 radical (unpaired) electrons. The normalized spacial score (nSPS) is 10.5. The number of imidazole rings is 1. The lowest BCUT2D eigenvalue weighted by Gasteiger charge is -2.05. The Hall–Kier alpha value is -1.42. The first-order valence-electron chi connectivity index (χ1n) is 5.33. The molecule has 0 amide bonds. The van der Waals surface area contributed by atoms with Gasteiger partial charge in [-0.15, -0.1) is 0 Å². The summed E-state index contributed by atoms with van der Waals surface area (Å²) in [6.07, 6.45) is 3.89. The Balaban J connectivity index is 2.23. The molecular formula is C13H13BrN2O. The van der Waals surface area contributed by atoms with E-state index in [1.165, 1.54) is 0 Å². The molecule has 0 spiro atoms. The van der Waals surface area contributed by atoms with Gasteiger partial charge in [0.25, 0.3) is 0 Å². The highest BCUT2D eigenvalue weighted by atomic mass is 79.9. The van der Waals surface area contributed by atoms with Gasteiger partial charge >= 0.3 is 0 Å². The molecular weight excluding hydrogens is 280 g/mol. The second-order valence-electron chi connectivity index (χ2n) is 4.01. The van der Waals surface area contributed by atoms with Crippen molar-refractivity contribution in [1.29, 1.82) is 0 Å². The van der Waals surface area contributed by atoms with Crippen LogP contribution >= 0.6 is 15.9 Å². The van der Waals surface area contributed by atoms with Gasteiger partial charge in [0.1, 0.15) is 5.82 Å². The number of halogens is 1. The Labute approximate surface area is 109 Å². The Kier molecular flexibility index (Phi) is 3.43. The lowest BCUT2D eigenvalue weighted by molar-refractivity contribution is 0.0989. The molecule has 0 saturated heterocycles. The third-order valence-corrected chi connectivity index (χ3v) is 3.22.